The van der Waals surface area contributed by atoms with Gasteiger partial charge in [-0.05, 0) is 19.1 Å². The van der Waals surface area contributed by atoms with E-state index in [9.17, 15) is 9.59 Å². The van der Waals surface area contributed by atoms with Crippen molar-refractivity contribution in [3.8, 4) is 0 Å². The van der Waals surface area contributed by atoms with Gasteiger partial charge in [-0.1, -0.05) is 0 Å². The first-order valence-corrected chi connectivity index (χ1v) is 5.31. The van der Waals surface area contributed by atoms with Gasteiger partial charge in [-0.3, -0.25) is 14.7 Å². The van der Waals surface area contributed by atoms with Crippen LogP contribution in [0.5, 0.6) is 0 Å². The minimum atomic E-state index is -0.683. The van der Waals surface area contributed by atoms with Gasteiger partial charge in [0.2, 0.25) is 5.91 Å². The molecule has 0 saturated heterocycles. The molecule has 7 nitrogen and oxygen atoms in total. The van der Waals surface area contributed by atoms with Gasteiger partial charge in [-0.25, -0.2) is 0 Å². The Labute approximate surface area is 103 Å². The highest BCUT2D eigenvalue weighted by molar-refractivity contribution is 5.99. The maximum atomic E-state index is 11.7. The third kappa shape index (κ3) is 2.76. The van der Waals surface area contributed by atoms with E-state index in [4.69, 9.17) is 4.42 Å². The second-order valence-corrected chi connectivity index (χ2v) is 3.65. The lowest BCUT2D eigenvalue weighted by Crippen LogP contribution is -2.41. The molecule has 0 aliphatic rings. The van der Waals surface area contributed by atoms with Crippen LogP contribution in [0.4, 0.5) is 5.69 Å². The van der Waals surface area contributed by atoms with Crippen molar-refractivity contribution in [3.05, 3.63) is 36.5 Å². The summed E-state index contributed by atoms with van der Waals surface area (Å²) in [7, 11) is 0. The van der Waals surface area contributed by atoms with Crippen LogP contribution >= 0.6 is 0 Å². The Hall–Kier alpha value is -2.57. The van der Waals surface area contributed by atoms with Crippen LogP contribution in [-0.2, 0) is 4.79 Å². The molecular weight excluding hydrogens is 236 g/mol. The van der Waals surface area contributed by atoms with Crippen LogP contribution in [0.1, 0.15) is 17.5 Å². The lowest BCUT2D eigenvalue weighted by Gasteiger charge is -2.12. The molecule has 2 aromatic rings. The molecule has 2 amide bonds. The number of carbonyl (C=O) groups excluding carboxylic acids is 2. The summed E-state index contributed by atoms with van der Waals surface area (Å²) in [5.74, 6) is -0.607. The molecule has 0 fully saturated rings. The van der Waals surface area contributed by atoms with Gasteiger partial charge in [-0.15, -0.1) is 0 Å². The normalized spacial score (nSPS) is 11.8. The average Bonchev–Trinajstić information content (AvgIpc) is 3.01. The van der Waals surface area contributed by atoms with Crippen LogP contribution in [0.2, 0.25) is 0 Å². The molecule has 7 heteroatoms. The van der Waals surface area contributed by atoms with Crippen molar-refractivity contribution >= 4 is 17.5 Å². The predicted molar refractivity (Wildman–Crippen MR) is 62.9 cm³/mol. The summed E-state index contributed by atoms with van der Waals surface area (Å²) >= 11 is 0. The zero-order valence-electron chi connectivity index (χ0n) is 9.64. The van der Waals surface area contributed by atoms with Gasteiger partial charge in [0.05, 0.1) is 18.1 Å². The summed E-state index contributed by atoms with van der Waals surface area (Å²) < 4.78 is 4.92. The first-order valence-electron chi connectivity index (χ1n) is 5.31. The van der Waals surface area contributed by atoms with E-state index in [1.807, 2.05) is 0 Å². The zero-order valence-corrected chi connectivity index (χ0v) is 9.64. The van der Waals surface area contributed by atoms with Crippen molar-refractivity contribution in [1.29, 1.82) is 0 Å². The van der Waals surface area contributed by atoms with Gasteiger partial charge >= 0.3 is 0 Å². The number of H-pyrrole nitrogens is 1. The SMILES string of the molecule is CC(NC(=O)c1ccco1)C(=O)Nc1cn[nH]c1. The number of hydrogen-bond acceptors (Lipinski definition) is 4. The molecule has 1 atom stereocenters. The lowest BCUT2D eigenvalue weighted by atomic mass is 10.3. The summed E-state index contributed by atoms with van der Waals surface area (Å²) in [5, 5.41) is 11.4. The first kappa shape index (κ1) is 11.9. The fourth-order valence-electron chi connectivity index (χ4n) is 1.31. The third-order valence-electron chi connectivity index (χ3n) is 2.25. The Balaban J connectivity index is 1.89. The standard InChI is InChI=1S/C11H12N4O3/c1-7(10(16)15-8-5-12-13-6-8)14-11(17)9-3-2-4-18-9/h2-7H,1H3,(H,12,13)(H,14,17)(H,15,16). The van der Waals surface area contributed by atoms with Crippen molar-refractivity contribution in [3.63, 3.8) is 0 Å². The number of furan rings is 1. The Kier molecular flexibility index (Phi) is 3.42. The molecule has 18 heavy (non-hydrogen) atoms. The van der Waals surface area contributed by atoms with Gasteiger partial charge in [0, 0.05) is 6.20 Å². The predicted octanol–water partition coefficient (Wildman–Crippen LogP) is 0.760. The van der Waals surface area contributed by atoms with Crippen molar-refractivity contribution in [2.24, 2.45) is 0 Å². The molecule has 2 heterocycles. The number of aromatic nitrogens is 2. The van der Waals surface area contributed by atoms with Crippen LogP contribution in [-0.4, -0.2) is 28.1 Å². The minimum Gasteiger partial charge on any atom is -0.459 e. The van der Waals surface area contributed by atoms with Crippen LogP contribution in [0, 0.1) is 0 Å². The van der Waals surface area contributed by atoms with Crippen LogP contribution in [0.3, 0.4) is 0 Å². The average molecular weight is 248 g/mol. The maximum Gasteiger partial charge on any atom is 0.287 e. The fourth-order valence-corrected chi connectivity index (χ4v) is 1.31. The van der Waals surface area contributed by atoms with E-state index in [0.717, 1.165) is 0 Å². The molecule has 0 bridgehead atoms. The largest absolute Gasteiger partial charge is 0.459 e. The molecule has 0 spiro atoms. The van der Waals surface area contributed by atoms with E-state index in [1.165, 1.54) is 18.5 Å². The number of amides is 2. The summed E-state index contributed by atoms with van der Waals surface area (Å²) in [5.41, 5.74) is 0.541. The quantitative estimate of drug-likeness (QED) is 0.743. The Bertz CT molecular complexity index is 518. The van der Waals surface area contributed by atoms with Gasteiger partial charge in [-0.2, -0.15) is 5.10 Å². The number of rotatable bonds is 4. The third-order valence-corrected chi connectivity index (χ3v) is 2.25. The smallest absolute Gasteiger partial charge is 0.287 e. The number of nitrogens with zero attached hydrogens (tertiary/aromatic N) is 1. The number of carbonyl (C=O) groups is 2. The van der Waals surface area contributed by atoms with Gasteiger partial charge in [0.25, 0.3) is 5.91 Å². The molecule has 3 N–H and O–H groups in total. The second kappa shape index (κ2) is 5.17. The van der Waals surface area contributed by atoms with E-state index in [-0.39, 0.29) is 11.7 Å². The Morgan fingerprint density at radius 1 is 1.50 bits per heavy atom. The van der Waals surface area contributed by atoms with Crippen LogP contribution < -0.4 is 10.6 Å². The van der Waals surface area contributed by atoms with E-state index >= 15 is 0 Å². The topological polar surface area (TPSA) is 100 Å². The highest BCUT2D eigenvalue weighted by Crippen LogP contribution is 2.03. The number of nitrogens with one attached hydrogen (secondary N) is 3. The zero-order chi connectivity index (χ0) is 13.0. The first-order chi connectivity index (χ1) is 8.66. The summed E-state index contributed by atoms with van der Waals surface area (Å²) in [6, 6.07) is 2.44. The number of aromatic amines is 1. The van der Waals surface area contributed by atoms with Crippen molar-refractivity contribution in [1.82, 2.24) is 15.5 Å². The molecular formula is C11H12N4O3. The van der Waals surface area contributed by atoms with E-state index < -0.39 is 11.9 Å². The highest BCUT2D eigenvalue weighted by atomic mass is 16.3. The maximum absolute atomic E-state index is 11.7. The molecule has 0 saturated carbocycles. The molecule has 94 valence electrons. The molecule has 0 aromatic carbocycles. The molecule has 2 aromatic heterocycles. The summed E-state index contributed by atoms with van der Waals surface area (Å²) in [4.78, 5) is 23.3. The fraction of sp³-hybridized carbons (Fsp3) is 0.182. The minimum absolute atomic E-state index is 0.165. The van der Waals surface area contributed by atoms with Gasteiger partial charge in [0.1, 0.15) is 6.04 Å². The molecule has 0 aliphatic carbocycles. The van der Waals surface area contributed by atoms with Gasteiger partial charge < -0.3 is 15.1 Å². The molecule has 0 radical (unpaired) electrons. The number of anilines is 1. The highest BCUT2D eigenvalue weighted by Gasteiger charge is 2.18. The van der Waals surface area contributed by atoms with Gasteiger partial charge in [0.15, 0.2) is 5.76 Å². The van der Waals surface area contributed by atoms with Crippen molar-refractivity contribution < 1.29 is 14.0 Å². The van der Waals surface area contributed by atoms with Crippen LogP contribution in [0.15, 0.2) is 35.2 Å². The number of hydrogen-bond donors (Lipinski definition) is 3. The molecule has 1 unspecified atom stereocenters. The lowest BCUT2D eigenvalue weighted by molar-refractivity contribution is -0.117. The van der Waals surface area contributed by atoms with E-state index in [0.29, 0.717) is 5.69 Å². The van der Waals surface area contributed by atoms with Crippen molar-refractivity contribution in [2.45, 2.75) is 13.0 Å². The second-order valence-electron chi connectivity index (χ2n) is 3.65. The van der Waals surface area contributed by atoms with Crippen molar-refractivity contribution in [2.75, 3.05) is 5.32 Å². The summed E-state index contributed by atoms with van der Waals surface area (Å²) in [6.07, 6.45) is 4.41. The Morgan fingerprint density at radius 2 is 2.33 bits per heavy atom. The Morgan fingerprint density at radius 3 is 2.94 bits per heavy atom. The molecule has 0 aliphatic heterocycles. The van der Waals surface area contributed by atoms with E-state index in [2.05, 4.69) is 20.8 Å². The van der Waals surface area contributed by atoms with Crippen LogP contribution in [0.25, 0.3) is 0 Å². The monoisotopic (exact) mass is 248 g/mol. The van der Waals surface area contributed by atoms with E-state index in [1.54, 1.807) is 19.2 Å². The molecule has 2 rings (SSSR count). The summed E-state index contributed by atoms with van der Waals surface area (Å²) in [6.45, 7) is 1.58.